The van der Waals surface area contributed by atoms with E-state index in [4.69, 9.17) is 9.84 Å². The standard InChI is InChI=1S/C9H8BrNO6/c1-17-7-3-6(11(15)16)5(10)2-4(7)8(12)9(13)14/h2-3,8,12H,1H3,(H,13,14). The molecule has 1 aromatic carbocycles. The van der Waals surface area contributed by atoms with Crippen molar-refractivity contribution in [2.45, 2.75) is 6.10 Å². The van der Waals surface area contributed by atoms with E-state index in [-0.39, 0.29) is 21.5 Å². The molecule has 0 amide bonds. The maximum Gasteiger partial charge on any atom is 0.337 e. The van der Waals surface area contributed by atoms with Crippen molar-refractivity contribution in [3.8, 4) is 5.75 Å². The lowest BCUT2D eigenvalue weighted by molar-refractivity contribution is -0.385. The zero-order valence-corrected chi connectivity index (χ0v) is 10.2. The molecule has 2 N–H and O–H groups in total. The van der Waals surface area contributed by atoms with Crippen molar-refractivity contribution in [2.24, 2.45) is 0 Å². The lowest BCUT2D eigenvalue weighted by Crippen LogP contribution is -2.12. The van der Waals surface area contributed by atoms with Gasteiger partial charge in [0.25, 0.3) is 5.69 Å². The summed E-state index contributed by atoms with van der Waals surface area (Å²) in [5, 5.41) is 28.7. The number of ether oxygens (including phenoxy) is 1. The zero-order valence-electron chi connectivity index (χ0n) is 8.58. The molecular formula is C9H8BrNO6. The van der Waals surface area contributed by atoms with Crippen LogP contribution in [0.25, 0.3) is 0 Å². The molecule has 0 fully saturated rings. The van der Waals surface area contributed by atoms with Crippen molar-refractivity contribution in [3.63, 3.8) is 0 Å². The second-order valence-electron chi connectivity index (χ2n) is 3.04. The highest BCUT2D eigenvalue weighted by molar-refractivity contribution is 9.10. The van der Waals surface area contributed by atoms with E-state index in [1.807, 2.05) is 0 Å². The van der Waals surface area contributed by atoms with Gasteiger partial charge in [-0.1, -0.05) is 0 Å². The average molecular weight is 306 g/mol. The fraction of sp³-hybridized carbons (Fsp3) is 0.222. The van der Waals surface area contributed by atoms with Crippen LogP contribution in [-0.4, -0.2) is 28.2 Å². The van der Waals surface area contributed by atoms with Crippen LogP contribution in [0.4, 0.5) is 5.69 Å². The van der Waals surface area contributed by atoms with Crippen LogP contribution in [0.15, 0.2) is 16.6 Å². The Balaban J connectivity index is 3.38. The summed E-state index contributed by atoms with van der Waals surface area (Å²) in [5.41, 5.74) is -0.333. The fourth-order valence-electron chi connectivity index (χ4n) is 1.22. The van der Waals surface area contributed by atoms with Crippen LogP contribution in [0.3, 0.4) is 0 Å². The Morgan fingerprint density at radius 1 is 1.59 bits per heavy atom. The fourth-order valence-corrected chi connectivity index (χ4v) is 1.73. The van der Waals surface area contributed by atoms with Crippen LogP contribution in [0.1, 0.15) is 11.7 Å². The summed E-state index contributed by atoms with van der Waals surface area (Å²) in [6.45, 7) is 0. The largest absolute Gasteiger partial charge is 0.496 e. The molecule has 92 valence electrons. The molecule has 0 aliphatic carbocycles. The number of rotatable bonds is 4. The lowest BCUT2D eigenvalue weighted by atomic mass is 10.1. The van der Waals surface area contributed by atoms with Gasteiger partial charge < -0.3 is 14.9 Å². The minimum atomic E-state index is -1.80. The van der Waals surface area contributed by atoms with Crippen LogP contribution in [0.2, 0.25) is 0 Å². The number of carbonyl (C=O) groups is 1. The maximum absolute atomic E-state index is 10.6. The molecule has 0 radical (unpaired) electrons. The Hall–Kier alpha value is -1.67. The molecule has 7 nitrogen and oxygen atoms in total. The number of hydrogen-bond acceptors (Lipinski definition) is 5. The van der Waals surface area contributed by atoms with Crippen LogP contribution in [0.5, 0.6) is 5.75 Å². The predicted molar refractivity (Wildman–Crippen MR) is 59.9 cm³/mol. The molecular weight excluding hydrogens is 298 g/mol. The number of carboxylic acid groups (broad SMARTS) is 1. The van der Waals surface area contributed by atoms with Gasteiger partial charge in [0.1, 0.15) is 5.75 Å². The summed E-state index contributed by atoms with van der Waals surface area (Å²) in [6, 6.07) is 2.20. The Bertz CT molecular complexity index is 475. The topological polar surface area (TPSA) is 110 Å². The number of aliphatic carboxylic acids is 1. The number of benzene rings is 1. The van der Waals surface area contributed by atoms with Gasteiger partial charge in [-0.2, -0.15) is 0 Å². The molecule has 8 heteroatoms. The first-order valence-corrected chi connectivity index (χ1v) is 5.10. The molecule has 0 aliphatic heterocycles. The van der Waals surface area contributed by atoms with Gasteiger partial charge in [0.2, 0.25) is 0 Å². The summed E-state index contributed by atoms with van der Waals surface area (Å²) in [5.74, 6) is -1.53. The van der Waals surface area contributed by atoms with E-state index >= 15 is 0 Å². The minimum Gasteiger partial charge on any atom is -0.496 e. The number of nitro groups is 1. The third-order valence-corrected chi connectivity index (χ3v) is 2.66. The zero-order chi connectivity index (χ0) is 13.2. The summed E-state index contributed by atoms with van der Waals surface area (Å²) in [6.07, 6.45) is -1.80. The Morgan fingerprint density at radius 2 is 2.18 bits per heavy atom. The molecule has 0 aromatic heterocycles. The SMILES string of the molecule is COc1cc([N+](=O)[O-])c(Br)cc1C(O)C(=O)O. The van der Waals surface area contributed by atoms with Gasteiger partial charge in [-0.15, -0.1) is 0 Å². The molecule has 0 heterocycles. The van der Waals surface area contributed by atoms with Crippen molar-refractivity contribution in [1.82, 2.24) is 0 Å². The van der Waals surface area contributed by atoms with E-state index in [1.165, 1.54) is 7.11 Å². The quantitative estimate of drug-likeness (QED) is 0.644. The Kier molecular flexibility index (Phi) is 4.02. The summed E-state index contributed by atoms with van der Waals surface area (Å²) in [4.78, 5) is 20.6. The van der Waals surface area contributed by atoms with Gasteiger partial charge in [-0.3, -0.25) is 10.1 Å². The van der Waals surface area contributed by atoms with Crippen molar-refractivity contribution < 1.29 is 24.7 Å². The summed E-state index contributed by atoms with van der Waals surface area (Å²) < 4.78 is 4.88. The molecule has 0 saturated carbocycles. The maximum atomic E-state index is 10.6. The molecule has 0 bridgehead atoms. The number of carboxylic acids is 1. The molecule has 1 rings (SSSR count). The van der Waals surface area contributed by atoms with Crippen molar-refractivity contribution in [2.75, 3.05) is 7.11 Å². The number of nitrogens with zero attached hydrogens (tertiary/aromatic N) is 1. The monoisotopic (exact) mass is 305 g/mol. The normalized spacial score (nSPS) is 11.9. The molecule has 0 saturated heterocycles. The highest BCUT2D eigenvalue weighted by Gasteiger charge is 2.25. The van der Waals surface area contributed by atoms with E-state index < -0.39 is 17.0 Å². The Labute approximate surface area is 104 Å². The second kappa shape index (κ2) is 5.11. The van der Waals surface area contributed by atoms with Crippen molar-refractivity contribution >= 4 is 27.6 Å². The number of hydrogen-bond donors (Lipinski definition) is 2. The van der Waals surface area contributed by atoms with Crippen LogP contribution < -0.4 is 4.74 Å². The number of methoxy groups -OCH3 is 1. The number of nitro benzene ring substituents is 1. The number of halogens is 1. The van der Waals surface area contributed by atoms with Crippen LogP contribution in [-0.2, 0) is 4.79 Å². The van der Waals surface area contributed by atoms with Gasteiger partial charge in [-0.05, 0) is 22.0 Å². The average Bonchev–Trinajstić information content (AvgIpc) is 2.27. The molecule has 1 atom stereocenters. The third kappa shape index (κ3) is 2.71. The van der Waals surface area contributed by atoms with E-state index in [1.54, 1.807) is 0 Å². The van der Waals surface area contributed by atoms with Gasteiger partial charge in [0.15, 0.2) is 6.10 Å². The van der Waals surface area contributed by atoms with E-state index in [0.717, 1.165) is 12.1 Å². The third-order valence-electron chi connectivity index (χ3n) is 2.02. The molecule has 0 aliphatic rings. The minimum absolute atomic E-state index is 0.0579. The van der Waals surface area contributed by atoms with E-state index in [9.17, 15) is 20.0 Å². The van der Waals surface area contributed by atoms with Gasteiger partial charge in [0.05, 0.1) is 22.6 Å². The molecule has 1 unspecified atom stereocenters. The molecule has 17 heavy (non-hydrogen) atoms. The van der Waals surface area contributed by atoms with E-state index in [0.29, 0.717) is 0 Å². The molecule has 0 spiro atoms. The first-order chi connectivity index (χ1) is 7.88. The Morgan fingerprint density at radius 3 is 2.59 bits per heavy atom. The molecule has 1 aromatic rings. The summed E-state index contributed by atoms with van der Waals surface area (Å²) >= 11 is 2.93. The van der Waals surface area contributed by atoms with Crippen molar-refractivity contribution in [1.29, 1.82) is 0 Å². The van der Waals surface area contributed by atoms with Gasteiger partial charge in [0, 0.05) is 5.56 Å². The van der Waals surface area contributed by atoms with Gasteiger partial charge >= 0.3 is 5.97 Å². The highest BCUT2D eigenvalue weighted by Crippen LogP contribution is 2.35. The summed E-state index contributed by atoms with van der Waals surface area (Å²) in [7, 11) is 1.23. The first-order valence-electron chi connectivity index (χ1n) is 4.31. The van der Waals surface area contributed by atoms with E-state index in [2.05, 4.69) is 15.9 Å². The smallest absolute Gasteiger partial charge is 0.337 e. The predicted octanol–water partition coefficient (Wildman–Crippen LogP) is 1.48. The van der Waals surface area contributed by atoms with Crippen LogP contribution >= 0.6 is 15.9 Å². The number of aliphatic hydroxyl groups is 1. The first kappa shape index (κ1) is 13.4. The highest BCUT2D eigenvalue weighted by atomic mass is 79.9. The second-order valence-corrected chi connectivity index (χ2v) is 3.90. The van der Waals surface area contributed by atoms with Crippen LogP contribution in [0, 0.1) is 10.1 Å². The number of aliphatic hydroxyl groups excluding tert-OH is 1. The van der Waals surface area contributed by atoms with Gasteiger partial charge in [-0.25, -0.2) is 4.79 Å². The van der Waals surface area contributed by atoms with Crippen molar-refractivity contribution in [3.05, 3.63) is 32.3 Å². The lowest BCUT2D eigenvalue weighted by Gasteiger charge is -2.11.